The summed E-state index contributed by atoms with van der Waals surface area (Å²) in [5.74, 6) is 0.911. The number of rotatable bonds is 25. The number of ketones is 1. The van der Waals surface area contributed by atoms with Crippen molar-refractivity contribution >= 4 is 46.3 Å². The summed E-state index contributed by atoms with van der Waals surface area (Å²) < 4.78 is 40.6. The number of nitrogens with two attached hydrogens (primary N) is 2. The predicted molar refractivity (Wildman–Crippen MR) is 323 cm³/mol. The summed E-state index contributed by atoms with van der Waals surface area (Å²) in [6.45, 7) is 12.8. The molecule has 2 fully saturated rings. The van der Waals surface area contributed by atoms with E-state index in [4.69, 9.17) is 46.8 Å². The lowest BCUT2D eigenvalue weighted by Crippen LogP contribution is -2.63. The fourth-order valence-electron chi connectivity index (χ4n) is 10.1. The summed E-state index contributed by atoms with van der Waals surface area (Å²) in [4.78, 5) is 65.5. The van der Waals surface area contributed by atoms with Gasteiger partial charge in [0.25, 0.3) is 5.69 Å². The van der Waals surface area contributed by atoms with E-state index in [1.54, 1.807) is 36.4 Å². The van der Waals surface area contributed by atoms with Gasteiger partial charge in [0.05, 0.1) is 49.4 Å². The number of hydrogen-bond donors (Lipinski definition) is 3. The maximum atomic E-state index is 12.9. The molecule has 452 valence electrons. The number of hydrogen-bond acceptors (Lipinski definition) is 16. The van der Waals surface area contributed by atoms with Gasteiger partial charge < -0.3 is 45.4 Å². The minimum Gasteiger partial charge on any atom is -0.454 e. The van der Waals surface area contributed by atoms with E-state index in [1.807, 2.05) is 36.4 Å². The number of carbonyl (C=O) groups excluding carboxylic acids is 3. The van der Waals surface area contributed by atoms with Crippen LogP contribution in [0.15, 0.2) is 119 Å². The third-order valence-corrected chi connectivity index (χ3v) is 15.0. The van der Waals surface area contributed by atoms with Crippen LogP contribution in [0.2, 0.25) is 5.02 Å². The highest BCUT2D eigenvalue weighted by Crippen LogP contribution is 2.36. The molecule has 1 atom stereocenters. The number of halogens is 2. The Morgan fingerprint density at radius 1 is 0.821 bits per heavy atom. The highest BCUT2D eigenvalue weighted by atomic mass is 35.5. The lowest BCUT2D eigenvalue weighted by Gasteiger charge is -2.48. The van der Waals surface area contributed by atoms with Gasteiger partial charge in [-0.25, -0.2) is 4.39 Å². The van der Waals surface area contributed by atoms with Crippen LogP contribution in [0.5, 0.6) is 11.5 Å². The Kier molecular flexibility index (Phi) is 27.8. The Hall–Kier alpha value is -7.04. The highest BCUT2D eigenvalue weighted by molar-refractivity contribution is 6.36. The number of Topliss-reactive ketones (excluding diaryl/α,β-unsaturated/α-hetero) is 1. The number of carbonyl (C=O) groups is 3. The number of ether oxygens (including phenoxy) is 5. The number of amides is 2. The van der Waals surface area contributed by atoms with Crippen LogP contribution >= 0.6 is 11.6 Å². The molecule has 4 aliphatic rings. The Balaban J connectivity index is 0.000000186. The molecule has 4 aliphatic heterocycles. The Bertz CT molecular complexity index is 2920. The van der Waals surface area contributed by atoms with E-state index in [1.165, 1.54) is 47.9 Å². The minimum atomic E-state index is -0.614. The monoisotopic (exact) mass is 1180 g/mol. The van der Waals surface area contributed by atoms with E-state index >= 15 is 0 Å². The number of nitro groups is 1. The molecule has 0 aliphatic carbocycles. The van der Waals surface area contributed by atoms with Gasteiger partial charge in [-0.3, -0.25) is 34.4 Å². The van der Waals surface area contributed by atoms with Gasteiger partial charge in [0.2, 0.25) is 18.6 Å². The topological polar surface area (TPSA) is 253 Å². The lowest BCUT2D eigenvalue weighted by molar-refractivity contribution is -0.384. The van der Waals surface area contributed by atoms with Crippen LogP contribution in [0.3, 0.4) is 0 Å². The summed E-state index contributed by atoms with van der Waals surface area (Å²) in [5, 5.41) is 16.9. The second-order valence-corrected chi connectivity index (χ2v) is 21.1. The number of aliphatic imine (C=N–C) groups is 1. The van der Waals surface area contributed by atoms with E-state index in [0.717, 1.165) is 114 Å². The second-order valence-electron chi connectivity index (χ2n) is 20.7. The van der Waals surface area contributed by atoms with Crippen molar-refractivity contribution in [3.63, 3.8) is 0 Å². The number of likely N-dealkylation sites (tertiary alicyclic amines) is 2. The lowest BCUT2D eigenvalue weighted by atomic mass is 9.83. The molecule has 0 spiro atoms. The highest BCUT2D eigenvalue weighted by Gasteiger charge is 2.45. The van der Waals surface area contributed by atoms with E-state index in [0.29, 0.717) is 85.8 Å². The number of benzodiazepines with no additional fused rings is 1. The van der Waals surface area contributed by atoms with Crippen molar-refractivity contribution < 1.29 is 47.4 Å². The molecular weight excluding hydrogens is 1100 g/mol. The Morgan fingerprint density at radius 2 is 1.48 bits per heavy atom. The van der Waals surface area contributed by atoms with Gasteiger partial charge >= 0.3 is 0 Å². The number of aryl methyl sites for hydroxylation is 1. The summed E-state index contributed by atoms with van der Waals surface area (Å²) in [7, 11) is 0. The predicted octanol–water partition coefficient (Wildman–Crippen LogP) is 10.6. The summed E-state index contributed by atoms with van der Waals surface area (Å²) in [5.41, 5.74) is 16.7. The Labute approximate surface area is 496 Å². The normalized spacial score (nSPS) is 15.6. The van der Waals surface area contributed by atoms with Gasteiger partial charge in [-0.15, -0.1) is 4.91 Å². The molecule has 2 saturated heterocycles. The number of fused-ring (bicyclic) bond motifs is 2. The molecule has 5 aromatic carbocycles. The number of nitroso groups, excluding NO2 is 1. The zero-order chi connectivity index (χ0) is 60.1. The Morgan fingerprint density at radius 3 is 2.12 bits per heavy atom. The molecule has 19 nitrogen and oxygen atoms in total. The zero-order valence-electron chi connectivity index (χ0n) is 48.3. The number of nitro benzene ring substituents is 1. The van der Waals surface area contributed by atoms with Crippen molar-refractivity contribution in [3.05, 3.63) is 168 Å². The van der Waals surface area contributed by atoms with Gasteiger partial charge in [0, 0.05) is 66.4 Å². The fourth-order valence-corrected chi connectivity index (χ4v) is 10.3. The first-order valence-corrected chi connectivity index (χ1v) is 29.3. The standard InChI is InChI=1S/C21H30FN3O2.C19H30O5.C15H10ClN3O3.C8H10N2O/c22-18-8-6-17(7-9-18)19(26)5-4-12-24-15-10-21(11-16-24,20(23)27)25-13-2-1-3-14-25;1-3-5-7-20-8-9-21-10-11-22-14-17-13-19-18(23-15-24-19)12-16(17)6-4-2;16-12-4-2-1-3-10(12)15-11-7-9(19(21)22)5-6-13(11)18-14(20)8-17-15;9-8(10-11)6-7-4-2-1-3-5-7/h6-9H,1-5,10-16H2,(H2,23,27);12-13H,3-11,14-15H2,1-2H3;1-7H,8H2,(H,18,20);1-5,8H,6,9H2. The van der Waals surface area contributed by atoms with Crippen LogP contribution < -0.4 is 26.3 Å². The molecule has 5 aromatic rings. The van der Waals surface area contributed by atoms with Crippen LogP contribution in [0, 0.1) is 20.8 Å². The number of benzene rings is 5. The maximum absolute atomic E-state index is 12.9. The van der Waals surface area contributed by atoms with Crippen LogP contribution in [-0.2, 0) is 43.2 Å². The molecule has 0 bridgehead atoms. The molecule has 9 rings (SSSR count). The van der Waals surface area contributed by atoms with E-state index in [9.17, 15) is 33.8 Å². The first-order chi connectivity index (χ1) is 40.7. The van der Waals surface area contributed by atoms with Crippen molar-refractivity contribution in [1.29, 1.82) is 0 Å². The first-order valence-electron chi connectivity index (χ1n) is 29.0. The van der Waals surface area contributed by atoms with Crippen molar-refractivity contribution in [3.8, 4) is 11.5 Å². The van der Waals surface area contributed by atoms with Crippen LogP contribution in [0.4, 0.5) is 15.8 Å². The van der Waals surface area contributed by atoms with E-state index < -0.39 is 16.6 Å². The SMILES string of the molecule is CCCCOCCOCCOCc1cc2c(cc1CCC)OCO2.NC(=O)C1(N2CCCCC2)CCN(CCCC(=O)c2ccc(F)cc2)CC1.NC(Cc1ccccc1)N=O.O=C1CN=C(c2ccccc2Cl)c2cc([N+](=O)[O-])ccc2N1. The molecule has 0 aromatic heterocycles. The van der Waals surface area contributed by atoms with Gasteiger partial charge in [0.15, 0.2) is 17.3 Å². The van der Waals surface area contributed by atoms with Gasteiger partial charge in [-0.05, 0) is 130 Å². The fraction of sp³-hybridized carbons (Fsp3) is 0.460. The smallest absolute Gasteiger partial charge is 0.270 e. The summed E-state index contributed by atoms with van der Waals surface area (Å²) in [6.07, 6.45) is 10.6. The number of nitrogens with zero attached hydrogens (tertiary/aromatic N) is 5. The molecule has 5 N–H and O–H groups in total. The molecule has 1 unspecified atom stereocenters. The van der Waals surface area contributed by atoms with E-state index in [2.05, 4.69) is 45.2 Å². The molecule has 4 heterocycles. The minimum absolute atomic E-state index is 0.0480. The van der Waals surface area contributed by atoms with Crippen LogP contribution in [-0.4, -0.2) is 129 Å². The number of unbranched alkanes of at least 4 members (excludes halogenated alkanes) is 1. The van der Waals surface area contributed by atoms with Crippen LogP contribution in [0.25, 0.3) is 0 Å². The number of non-ortho nitro benzene ring substituents is 1. The van der Waals surface area contributed by atoms with Crippen molar-refractivity contribution in [2.24, 2.45) is 21.6 Å². The third kappa shape index (κ3) is 20.6. The first kappa shape index (κ1) is 66.1. The average molecular weight is 1180 g/mol. The summed E-state index contributed by atoms with van der Waals surface area (Å²) >= 11 is 6.20. The molecule has 0 radical (unpaired) electrons. The largest absolute Gasteiger partial charge is 0.454 e. The van der Waals surface area contributed by atoms with Gasteiger partial charge in [-0.2, -0.15) is 0 Å². The number of piperidine rings is 2. The van der Waals surface area contributed by atoms with Crippen molar-refractivity contribution in [1.82, 2.24) is 9.80 Å². The quantitative estimate of drug-likeness (QED) is 0.0162. The van der Waals surface area contributed by atoms with E-state index in [-0.39, 0.29) is 35.6 Å². The number of anilines is 1. The molecule has 84 heavy (non-hydrogen) atoms. The van der Waals surface area contributed by atoms with Gasteiger partial charge in [-0.1, -0.05) is 98.4 Å². The van der Waals surface area contributed by atoms with Gasteiger partial charge in [0.1, 0.15) is 24.1 Å². The van der Waals surface area contributed by atoms with Crippen LogP contribution in [0.1, 0.15) is 116 Å². The number of primary amides is 1. The third-order valence-electron chi connectivity index (χ3n) is 14.7. The summed E-state index contributed by atoms with van der Waals surface area (Å²) in [6, 6.07) is 30.7. The number of nitrogens with one attached hydrogen (secondary N) is 1. The second kappa shape index (κ2) is 35.3. The van der Waals surface area contributed by atoms with Crippen molar-refractivity contribution in [2.75, 3.05) is 84.4 Å². The molecule has 21 heteroatoms. The zero-order valence-corrected chi connectivity index (χ0v) is 49.0. The molecule has 2 amide bonds. The average Bonchev–Trinajstić information content (AvgIpc) is 2.93. The maximum Gasteiger partial charge on any atom is 0.270 e. The molecule has 0 saturated carbocycles. The van der Waals surface area contributed by atoms with Crippen molar-refractivity contribution in [2.45, 2.75) is 109 Å². The molecular formula is C63H80ClFN8O11.